The van der Waals surface area contributed by atoms with Gasteiger partial charge < -0.3 is 15.8 Å². The molecule has 3 N–H and O–H groups in total. The fraction of sp³-hybridized carbons (Fsp3) is 0.167. The molecule has 136 valence electrons. The first-order valence-corrected chi connectivity index (χ1v) is 9.27. The summed E-state index contributed by atoms with van der Waals surface area (Å²) in [5, 5.41) is 6.01. The molecule has 0 saturated heterocycles. The van der Waals surface area contributed by atoms with E-state index in [2.05, 4.69) is 43.2 Å². The third-order valence-corrected chi connectivity index (χ3v) is 4.73. The van der Waals surface area contributed by atoms with Crippen molar-refractivity contribution < 1.29 is 4.74 Å². The van der Waals surface area contributed by atoms with Crippen molar-refractivity contribution in [2.45, 2.75) is 20.0 Å². The Morgan fingerprint density at radius 1 is 1.11 bits per heavy atom. The second-order valence-electron chi connectivity index (χ2n) is 5.68. The van der Waals surface area contributed by atoms with Gasteiger partial charge in [-0.25, -0.2) is 9.97 Å². The van der Waals surface area contributed by atoms with E-state index >= 15 is 0 Å². The minimum Gasteiger partial charge on any atom is -0.469 e. The van der Waals surface area contributed by atoms with Gasteiger partial charge in [0.05, 0.1) is 5.39 Å². The van der Waals surface area contributed by atoms with Gasteiger partial charge in [-0.05, 0) is 29.5 Å². The van der Waals surface area contributed by atoms with Crippen molar-refractivity contribution >= 4 is 39.1 Å². The first-order valence-electron chi connectivity index (χ1n) is 8.39. The molecule has 4 aromatic rings. The second kappa shape index (κ2) is 7.50. The summed E-state index contributed by atoms with van der Waals surface area (Å²) in [6.07, 6.45) is 2.37. The normalized spacial score (nSPS) is 10.9. The number of hydrogen-bond acceptors (Lipinski definition) is 9. The molecule has 9 heteroatoms. The van der Waals surface area contributed by atoms with Crippen LogP contribution in [-0.4, -0.2) is 24.9 Å². The van der Waals surface area contributed by atoms with E-state index in [1.54, 1.807) is 0 Å². The van der Waals surface area contributed by atoms with Crippen LogP contribution in [0, 0.1) is 0 Å². The average molecular weight is 379 g/mol. The number of hydrogen-bond donors (Lipinski definition) is 2. The first kappa shape index (κ1) is 17.1. The lowest BCUT2D eigenvalue weighted by Crippen LogP contribution is -2.10. The number of benzene rings is 1. The summed E-state index contributed by atoms with van der Waals surface area (Å²) < 4.78 is 5.79. The van der Waals surface area contributed by atoms with Gasteiger partial charge in [0.15, 0.2) is 5.82 Å². The molecule has 0 fully saturated rings. The van der Waals surface area contributed by atoms with Gasteiger partial charge in [0.25, 0.3) is 0 Å². The number of anilines is 3. The lowest BCUT2D eigenvalue weighted by atomic mass is 10.1. The number of fused-ring (bicyclic) bond motifs is 1. The standard InChI is InChI=1S/C18H17N7OS/c1-2-11-5-3-4-6-13(11)22-18-24-14(23-17(19)25-18)9-26-15-12-7-8-27-16(12)21-10-20-15/h3-8,10H,2,9H2,1H3,(H3,19,22,23,24,25). The molecule has 0 aliphatic heterocycles. The van der Waals surface area contributed by atoms with Gasteiger partial charge in [-0.2, -0.15) is 15.0 Å². The van der Waals surface area contributed by atoms with E-state index in [-0.39, 0.29) is 12.6 Å². The van der Waals surface area contributed by atoms with Crippen molar-refractivity contribution in [3.63, 3.8) is 0 Å². The molecule has 3 heterocycles. The van der Waals surface area contributed by atoms with Gasteiger partial charge >= 0.3 is 0 Å². The predicted octanol–water partition coefficient (Wildman–Crippen LogP) is 3.34. The van der Waals surface area contributed by atoms with Crippen LogP contribution in [0.25, 0.3) is 10.2 Å². The Labute approximate surface area is 159 Å². The molecule has 0 atom stereocenters. The summed E-state index contributed by atoms with van der Waals surface area (Å²) in [6, 6.07) is 9.91. The zero-order valence-corrected chi connectivity index (χ0v) is 15.4. The second-order valence-corrected chi connectivity index (χ2v) is 6.57. The number of rotatable bonds is 6. The van der Waals surface area contributed by atoms with Crippen molar-refractivity contribution in [3.05, 3.63) is 53.4 Å². The minimum atomic E-state index is 0.124. The van der Waals surface area contributed by atoms with E-state index in [1.165, 1.54) is 17.7 Å². The molecule has 27 heavy (non-hydrogen) atoms. The molecule has 3 aromatic heterocycles. The highest BCUT2D eigenvalue weighted by molar-refractivity contribution is 7.16. The number of nitrogens with one attached hydrogen (secondary N) is 1. The van der Waals surface area contributed by atoms with Gasteiger partial charge in [-0.15, -0.1) is 11.3 Å². The number of nitrogens with two attached hydrogens (primary N) is 1. The topological polar surface area (TPSA) is 112 Å². The summed E-state index contributed by atoms with van der Waals surface area (Å²) in [5.74, 6) is 1.42. The molecule has 4 rings (SSSR count). The summed E-state index contributed by atoms with van der Waals surface area (Å²) in [6.45, 7) is 2.22. The lowest BCUT2D eigenvalue weighted by molar-refractivity contribution is 0.288. The maximum absolute atomic E-state index is 5.84. The molecule has 0 unspecified atom stereocenters. The molecule has 0 saturated carbocycles. The Bertz CT molecular complexity index is 1080. The van der Waals surface area contributed by atoms with Gasteiger partial charge in [0, 0.05) is 5.69 Å². The van der Waals surface area contributed by atoms with Crippen LogP contribution in [0.1, 0.15) is 18.3 Å². The van der Waals surface area contributed by atoms with Gasteiger partial charge in [0.2, 0.25) is 17.8 Å². The van der Waals surface area contributed by atoms with Gasteiger partial charge in [0.1, 0.15) is 17.8 Å². The molecule has 0 aliphatic rings. The molecule has 0 radical (unpaired) electrons. The molecule has 0 spiro atoms. The van der Waals surface area contributed by atoms with Crippen LogP contribution in [0.5, 0.6) is 5.88 Å². The number of nitrogens with zero attached hydrogens (tertiary/aromatic N) is 5. The van der Waals surface area contributed by atoms with Crippen molar-refractivity contribution in [2.24, 2.45) is 0 Å². The Hall–Kier alpha value is -3.33. The van der Waals surface area contributed by atoms with Crippen molar-refractivity contribution in [1.82, 2.24) is 24.9 Å². The number of aromatic nitrogens is 5. The maximum Gasteiger partial charge on any atom is 0.232 e. The highest BCUT2D eigenvalue weighted by Crippen LogP contribution is 2.26. The molecular weight excluding hydrogens is 362 g/mol. The zero-order valence-electron chi connectivity index (χ0n) is 14.6. The number of aryl methyl sites for hydroxylation is 1. The Kier molecular flexibility index (Phi) is 4.75. The number of thiophene rings is 1. The fourth-order valence-corrected chi connectivity index (χ4v) is 3.37. The van der Waals surface area contributed by atoms with E-state index in [1.807, 2.05) is 29.6 Å². The summed E-state index contributed by atoms with van der Waals surface area (Å²) in [4.78, 5) is 22.0. The summed E-state index contributed by atoms with van der Waals surface area (Å²) in [7, 11) is 0. The quantitative estimate of drug-likeness (QED) is 0.524. The first-order chi connectivity index (χ1) is 13.2. The molecule has 1 aromatic carbocycles. The molecule has 0 amide bonds. The Balaban J connectivity index is 1.55. The number of para-hydroxylation sites is 1. The van der Waals surface area contributed by atoms with E-state index in [4.69, 9.17) is 10.5 Å². The molecule has 0 bridgehead atoms. The van der Waals surface area contributed by atoms with Crippen LogP contribution in [0.3, 0.4) is 0 Å². The summed E-state index contributed by atoms with van der Waals surface area (Å²) >= 11 is 1.53. The Morgan fingerprint density at radius 3 is 2.89 bits per heavy atom. The maximum atomic E-state index is 5.84. The van der Waals surface area contributed by atoms with Crippen LogP contribution < -0.4 is 15.8 Å². The largest absolute Gasteiger partial charge is 0.469 e. The van der Waals surface area contributed by atoms with Crippen LogP contribution in [-0.2, 0) is 13.0 Å². The highest BCUT2D eigenvalue weighted by Gasteiger charge is 2.10. The van der Waals surface area contributed by atoms with Crippen LogP contribution >= 0.6 is 11.3 Å². The third kappa shape index (κ3) is 3.77. The Morgan fingerprint density at radius 2 is 2.00 bits per heavy atom. The molecular formula is C18H17N7OS. The zero-order chi connectivity index (χ0) is 18.6. The van der Waals surface area contributed by atoms with Gasteiger partial charge in [-0.3, -0.25) is 0 Å². The fourth-order valence-electron chi connectivity index (χ4n) is 2.64. The third-order valence-electron chi connectivity index (χ3n) is 3.91. The smallest absolute Gasteiger partial charge is 0.232 e. The van der Waals surface area contributed by atoms with Crippen molar-refractivity contribution in [2.75, 3.05) is 11.1 Å². The lowest BCUT2D eigenvalue weighted by Gasteiger charge is -2.11. The molecule has 8 nitrogen and oxygen atoms in total. The van der Waals surface area contributed by atoms with Crippen LogP contribution in [0.15, 0.2) is 42.0 Å². The van der Waals surface area contributed by atoms with Gasteiger partial charge in [-0.1, -0.05) is 25.1 Å². The van der Waals surface area contributed by atoms with E-state index in [9.17, 15) is 0 Å². The molecule has 0 aliphatic carbocycles. The predicted molar refractivity (Wildman–Crippen MR) is 105 cm³/mol. The van der Waals surface area contributed by atoms with E-state index < -0.39 is 0 Å². The van der Waals surface area contributed by atoms with Crippen molar-refractivity contribution in [1.29, 1.82) is 0 Å². The van der Waals surface area contributed by atoms with Crippen LogP contribution in [0.2, 0.25) is 0 Å². The van der Waals surface area contributed by atoms with E-state index in [0.717, 1.165) is 27.9 Å². The van der Waals surface area contributed by atoms with Crippen LogP contribution in [0.4, 0.5) is 17.6 Å². The highest BCUT2D eigenvalue weighted by atomic mass is 32.1. The average Bonchev–Trinajstić information content (AvgIpc) is 3.16. The van der Waals surface area contributed by atoms with E-state index in [0.29, 0.717) is 17.7 Å². The monoisotopic (exact) mass is 379 g/mol. The minimum absolute atomic E-state index is 0.124. The number of ether oxygens (including phenoxy) is 1. The SMILES string of the molecule is CCc1ccccc1Nc1nc(N)nc(COc2ncnc3sccc23)n1. The summed E-state index contributed by atoms with van der Waals surface area (Å²) in [5.41, 5.74) is 7.95. The number of nitrogen functional groups attached to an aromatic ring is 1. The van der Waals surface area contributed by atoms with Crippen molar-refractivity contribution in [3.8, 4) is 5.88 Å².